The number of aromatic nitrogens is 3. The van der Waals surface area contributed by atoms with Crippen LogP contribution in [0.1, 0.15) is 69.9 Å². The maximum absolute atomic E-state index is 14.4. The third-order valence-corrected chi connectivity index (χ3v) is 6.56. The predicted octanol–water partition coefficient (Wildman–Crippen LogP) is 3.34. The Morgan fingerprint density at radius 2 is 2.03 bits per heavy atom. The lowest BCUT2D eigenvalue weighted by molar-refractivity contribution is 0.0978. The standard InChI is InChI=1S/C23H33FN6O2S/c1-22(2,3)17-9-8-16(20(24)28-17)21(31)30-33(32)19-14-25-13-18(29-19)26-10-6-7-15-11-23(4,5)27-12-15/h8-9,13-15,27H,6-7,10-12H2,1-5H3,(H,26,29)(H,30,31). The summed E-state index contributed by atoms with van der Waals surface area (Å²) in [5.74, 6) is -0.594. The van der Waals surface area contributed by atoms with Gasteiger partial charge < -0.3 is 10.6 Å². The Kier molecular flexibility index (Phi) is 7.79. The fraction of sp³-hybridized carbons (Fsp3) is 0.565. The Morgan fingerprint density at radius 3 is 2.67 bits per heavy atom. The molecule has 2 atom stereocenters. The van der Waals surface area contributed by atoms with Gasteiger partial charge >= 0.3 is 0 Å². The van der Waals surface area contributed by atoms with Gasteiger partial charge in [-0.25, -0.2) is 14.2 Å². The minimum atomic E-state index is -1.99. The minimum Gasteiger partial charge on any atom is -0.369 e. The molecule has 3 rings (SSSR count). The summed E-state index contributed by atoms with van der Waals surface area (Å²) in [5.41, 5.74) is 0.102. The Labute approximate surface area is 197 Å². The molecule has 1 aliphatic heterocycles. The maximum atomic E-state index is 14.4. The van der Waals surface area contributed by atoms with Crippen molar-refractivity contribution in [3.05, 3.63) is 41.7 Å². The van der Waals surface area contributed by atoms with E-state index < -0.39 is 22.8 Å². The van der Waals surface area contributed by atoms with Crippen LogP contribution >= 0.6 is 0 Å². The van der Waals surface area contributed by atoms with Crippen LogP contribution in [0, 0.1) is 11.9 Å². The van der Waals surface area contributed by atoms with Gasteiger partial charge in [-0.1, -0.05) is 20.8 Å². The molecule has 10 heteroatoms. The van der Waals surface area contributed by atoms with Crippen molar-refractivity contribution in [2.24, 2.45) is 5.92 Å². The van der Waals surface area contributed by atoms with Gasteiger partial charge in [0.2, 0.25) is 5.95 Å². The zero-order valence-corrected chi connectivity index (χ0v) is 20.7. The summed E-state index contributed by atoms with van der Waals surface area (Å²) in [6, 6.07) is 2.94. The molecule has 1 saturated heterocycles. The van der Waals surface area contributed by atoms with Crippen LogP contribution in [-0.2, 0) is 16.4 Å². The second-order valence-electron chi connectivity index (χ2n) is 10.1. The zero-order valence-electron chi connectivity index (χ0n) is 19.9. The average Bonchev–Trinajstić information content (AvgIpc) is 3.09. The first-order valence-electron chi connectivity index (χ1n) is 11.2. The van der Waals surface area contributed by atoms with E-state index in [2.05, 4.69) is 44.2 Å². The lowest BCUT2D eigenvalue weighted by Crippen LogP contribution is -2.31. The third-order valence-electron chi connectivity index (χ3n) is 5.61. The number of rotatable bonds is 8. The van der Waals surface area contributed by atoms with Gasteiger partial charge in [0.25, 0.3) is 5.91 Å². The van der Waals surface area contributed by atoms with Gasteiger partial charge in [-0.2, -0.15) is 4.39 Å². The fourth-order valence-corrected chi connectivity index (χ4v) is 4.55. The van der Waals surface area contributed by atoms with E-state index in [9.17, 15) is 13.4 Å². The molecule has 0 bridgehead atoms. The number of amides is 1. The molecule has 8 nitrogen and oxygen atoms in total. The van der Waals surface area contributed by atoms with Crippen molar-refractivity contribution < 1.29 is 13.4 Å². The van der Waals surface area contributed by atoms with E-state index in [0.717, 1.165) is 25.8 Å². The minimum absolute atomic E-state index is 0.0785. The lowest BCUT2D eigenvalue weighted by atomic mass is 9.91. The van der Waals surface area contributed by atoms with Crippen molar-refractivity contribution in [3.63, 3.8) is 0 Å². The van der Waals surface area contributed by atoms with Crippen LogP contribution in [0.15, 0.2) is 29.6 Å². The van der Waals surface area contributed by atoms with Gasteiger partial charge in [0, 0.05) is 23.2 Å². The summed E-state index contributed by atoms with van der Waals surface area (Å²) in [4.78, 5) is 24.6. The molecule has 0 radical (unpaired) electrons. The van der Waals surface area contributed by atoms with Crippen LogP contribution in [0.5, 0.6) is 0 Å². The van der Waals surface area contributed by atoms with Crippen LogP contribution in [0.3, 0.4) is 0 Å². The number of pyridine rings is 1. The molecule has 0 aromatic carbocycles. The molecule has 180 valence electrons. The summed E-state index contributed by atoms with van der Waals surface area (Å²) in [6.07, 6.45) is 6.09. The van der Waals surface area contributed by atoms with Crippen molar-refractivity contribution in [2.45, 2.75) is 69.9 Å². The van der Waals surface area contributed by atoms with Crippen LogP contribution in [0.25, 0.3) is 0 Å². The van der Waals surface area contributed by atoms with E-state index in [1.54, 1.807) is 6.07 Å². The number of carbonyl (C=O) groups is 1. The smallest absolute Gasteiger partial charge is 0.267 e. The summed E-state index contributed by atoms with van der Waals surface area (Å²) >= 11 is 0. The molecule has 2 aromatic rings. The summed E-state index contributed by atoms with van der Waals surface area (Å²) < 4.78 is 29.2. The fourth-order valence-electron chi connectivity index (χ4n) is 3.83. The zero-order chi connectivity index (χ0) is 24.2. The topological polar surface area (TPSA) is 109 Å². The van der Waals surface area contributed by atoms with Gasteiger partial charge in [0.1, 0.15) is 5.82 Å². The quantitative estimate of drug-likeness (QED) is 0.396. The molecule has 2 unspecified atom stereocenters. The first kappa shape index (κ1) is 25.2. The summed E-state index contributed by atoms with van der Waals surface area (Å²) in [6.45, 7) is 11.9. The highest BCUT2D eigenvalue weighted by Crippen LogP contribution is 2.26. The number of carbonyl (C=O) groups excluding carboxylic acids is 1. The third kappa shape index (κ3) is 7.01. The SMILES string of the molecule is CC1(C)CC(CCCNc2cncc(S(=O)NC(=O)c3ccc(C(C)(C)C)nc3F)n2)CN1. The number of nitrogens with one attached hydrogen (secondary N) is 3. The van der Waals surface area contributed by atoms with Gasteiger partial charge in [-0.3, -0.25) is 14.5 Å². The molecule has 1 amide bonds. The highest BCUT2D eigenvalue weighted by atomic mass is 32.2. The second kappa shape index (κ2) is 10.2. The Bertz CT molecular complexity index is 1020. The number of nitrogens with zero attached hydrogens (tertiary/aromatic N) is 3. The first-order valence-corrected chi connectivity index (χ1v) is 12.3. The van der Waals surface area contributed by atoms with E-state index in [0.29, 0.717) is 24.0 Å². The van der Waals surface area contributed by atoms with Gasteiger partial charge in [0.05, 0.1) is 18.0 Å². The number of hydrogen-bond donors (Lipinski definition) is 3. The molecule has 0 saturated carbocycles. The molecular formula is C23H33FN6O2S. The number of anilines is 1. The molecule has 0 spiro atoms. The van der Waals surface area contributed by atoms with Crippen LogP contribution in [0.2, 0.25) is 0 Å². The highest BCUT2D eigenvalue weighted by Gasteiger charge is 2.29. The normalized spacial score (nSPS) is 18.7. The highest BCUT2D eigenvalue weighted by molar-refractivity contribution is 7.83. The van der Waals surface area contributed by atoms with E-state index in [4.69, 9.17) is 0 Å². The Morgan fingerprint density at radius 1 is 1.27 bits per heavy atom. The van der Waals surface area contributed by atoms with Crippen LogP contribution < -0.4 is 15.4 Å². The Hall–Kier alpha value is -2.46. The van der Waals surface area contributed by atoms with Crippen molar-refractivity contribution in [1.82, 2.24) is 25.0 Å². The van der Waals surface area contributed by atoms with Gasteiger partial charge in [0.15, 0.2) is 16.0 Å². The second-order valence-corrected chi connectivity index (χ2v) is 11.3. The predicted molar refractivity (Wildman–Crippen MR) is 127 cm³/mol. The molecule has 1 aliphatic rings. The molecular weight excluding hydrogens is 443 g/mol. The maximum Gasteiger partial charge on any atom is 0.267 e. The molecule has 3 N–H and O–H groups in total. The lowest BCUT2D eigenvalue weighted by Gasteiger charge is -2.18. The average molecular weight is 477 g/mol. The van der Waals surface area contributed by atoms with Crippen molar-refractivity contribution >= 4 is 22.7 Å². The largest absolute Gasteiger partial charge is 0.369 e. The molecule has 0 aliphatic carbocycles. The van der Waals surface area contributed by atoms with Crippen LogP contribution in [0.4, 0.5) is 10.2 Å². The summed E-state index contributed by atoms with van der Waals surface area (Å²) in [7, 11) is -1.99. The molecule has 3 heterocycles. The molecule has 2 aromatic heterocycles. The van der Waals surface area contributed by atoms with E-state index in [1.807, 2.05) is 20.8 Å². The van der Waals surface area contributed by atoms with E-state index in [-0.39, 0.29) is 21.5 Å². The van der Waals surface area contributed by atoms with Gasteiger partial charge in [-0.05, 0) is 57.7 Å². The van der Waals surface area contributed by atoms with Gasteiger partial charge in [-0.15, -0.1) is 0 Å². The van der Waals surface area contributed by atoms with E-state index >= 15 is 0 Å². The number of halogens is 1. The molecule has 1 fully saturated rings. The first-order chi connectivity index (χ1) is 15.4. The Balaban J connectivity index is 1.53. The van der Waals surface area contributed by atoms with Crippen molar-refractivity contribution in [1.29, 1.82) is 0 Å². The molecule has 33 heavy (non-hydrogen) atoms. The van der Waals surface area contributed by atoms with Crippen LogP contribution in [-0.4, -0.2) is 43.7 Å². The van der Waals surface area contributed by atoms with E-state index in [1.165, 1.54) is 18.5 Å². The number of hydrogen-bond acceptors (Lipinski definition) is 7. The summed E-state index contributed by atoms with van der Waals surface area (Å²) in [5, 5.41) is 6.79. The van der Waals surface area contributed by atoms with Crippen molar-refractivity contribution in [2.75, 3.05) is 18.4 Å². The monoisotopic (exact) mass is 476 g/mol. The van der Waals surface area contributed by atoms with Crippen molar-refractivity contribution in [3.8, 4) is 0 Å².